The minimum atomic E-state index is -4.29. The quantitative estimate of drug-likeness (QED) is 0.606. The van der Waals surface area contributed by atoms with Gasteiger partial charge in [0.1, 0.15) is 18.7 Å². The van der Waals surface area contributed by atoms with Crippen LogP contribution in [0.1, 0.15) is 23.9 Å². The van der Waals surface area contributed by atoms with Crippen molar-refractivity contribution >= 4 is 5.96 Å². The van der Waals surface area contributed by atoms with Gasteiger partial charge >= 0.3 is 6.18 Å². The Bertz CT molecular complexity index is 806. The van der Waals surface area contributed by atoms with Gasteiger partial charge in [-0.25, -0.2) is 9.98 Å². The highest BCUT2D eigenvalue weighted by molar-refractivity contribution is 5.80. The van der Waals surface area contributed by atoms with Crippen LogP contribution in [0.3, 0.4) is 0 Å². The third-order valence-electron chi connectivity index (χ3n) is 4.87. The summed E-state index contributed by atoms with van der Waals surface area (Å²) in [6.45, 7) is 7.10. The maximum atomic E-state index is 12.7. The number of alkyl halides is 3. The molecule has 0 aliphatic carbocycles. The number of guanidine groups is 1. The van der Waals surface area contributed by atoms with Gasteiger partial charge in [-0.05, 0) is 24.6 Å². The lowest BCUT2D eigenvalue weighted by molar-refractivity contribution is -0.137. The summed E-state index contributed by atoms with van der Waals surface area (Å²) in [6, 6.07) is 5.41. The molecule has 1 aliphatic heterocycles. The summed E-state index contributed by atoms with van der Waals surface area (Å²) >= 11 is 0. The van der Waals surface area contributed by atoms with E-state index in [1.807, 2.05) is 14.0 Å². The molecule has 158 valence electrons. The SMILES string of the molecule is CCNC(=NCc1ncnn1C)N1CCN(Cc2ccc(C(F)(F)F)cc2)CC1. The fourth-order valence-electron chi connectivity index (χ4n) is 3.21. The molecule has 1 aromatic heterocycles. The van der Waals surface area contributed by atoms with E-state index in [2.05, 4.69) is 30.2 Å². The Balaban J connectivity index is 1.54. The van der Waals surface area contributed by atoms with Crippen molar-refractivity contribution in [1.82, 2.24) is 29.9 Å². The summed E-state index contributed by atoms with van der Waals surface area (Å²) in [5.41, 5.74) is 0.273. The summed E-state index contributed by atoms with van der Waals surface area (Å²) in [7, 11) is 1.84. The summed E-state index contributed by atoms with van der Waals surface area (Å²) in [5, 5.41) is 7.37. The molecule has 7 nitrogen and oxygen atoms in total. The zero-order valence-electron chi connectivity index (χ0n) is 16.7. The van der Waals surface area contributed by atoms with Crippen LogP contribution in [0.15, 0.2) is 35.6 Å². The molecule has 0 amide bonds. The smallest absolute Gasteiger partial charge is 0.357 e. The molecule has 29 heavy (non-hydrogen) atoms. The van der Waals surface area contributed by atoms with Crippen LogP contribution in [0.4, 0.5) is 13.2 Å². The predicted molar refractivity (Wildman–Crippen MR) is 104 cm³/mol. The Labute approximate surface area is 168 Å². The zero-order valence-corrected chi connectivity index (χ0v) is 16.7. The molecule has 1 aromatic carbocycles. The minimum Gasteiger partial charge on any atom is -0.357 e. The topological polar surface area (TPSA) is 61.6 Å². The number of aliphatic imine (C=N–C) groups is 1. The number of benzene rings is 1. The van der Waals surface area contributed by atoms with Gasteiger partial charge in [0.15, 0.2) is 5.96 Å². The van der Waals surface area contributed by atoms with Gasteiger partial charge < -0.3 is 10.2 Å². The normalized spacial score (nSPS) is 16.3. The van der Waals surface area contributed by atoms with E-state index in [9.17, 15) is 13.2 Å². The Morgan fingerprint density at radius 3 is 2.38 bits per heavy atom. The highest BCUT2D eigenvalue weighted by atomic mass is 19.4. The second kappa shape index (κ2) is 9.25. The van der Waals surface area contributed by atoms with E-state index in [1.54, 1.807) is 16.8 Å². The van der Waals surface area contributed by atoms with Crippen LogP contribution in [-0.2, 0) is 26.3 Å². The first kappa shape index (κ1) is 21.1. The van der Waals surface area contributed by atoms with Crippen molar-refractivity contribution in [2.24, 2.45) is 12.0 Å². The number of hydrogen-bond donors (Lipinski definition) is 1. The van der Waals surface area contributed by atoms with Gasteiger partial charge in [0.2, 0.25) is 0 Å². The first-order valence-corrected chi connectivity index (χ1v) is 9.61. The summed E-state index contributed by atoms with van der Waals surface area (Å²) in [4.78, 5) is 13.3. The lowest BCUT2D eigenvalue weighted by Crippen LogP contribution is -2.52. The largest absolute Gasteiger partial charge is 0.416 e. The van der Waals surface area contributed by atoms with E-state index in [4.69, 9.17) is 0 Å². The van der Waals surface area contributed by atoms with Crippen LogP contribution in [-0.4, -0.2) is 63.2 Å². The Hall–Kier alpha value is -2.62. The first-order chi connectivity index (χ1) is 13.9. The highest BCUT2D eigenvalue weighted by Gasteiger charge is 2.30. The first-order valence-electron chi connectivity index (χ1n) is 9.61. The van der Waals surface area contributed by atoms with Gasteiger partial charge in [0.25, 0.3) is 0 Å². The third-order valence-corrected chi connectivity index (χ3v) is 4.87. The van der Waals surface area contributed by atoms with Gasteiger partial charge in [-0.2, -0.15) is 18.3 Å². The standard InChI is InChI=1S/C19H26F3N7/c1-3-23-18(24-12-17-25-14-26-27(17)2)29-10-8-28(9-11-29)13-15-4-6-16(7-5-15)19(20,21)22/h4-7,14H,3,8-13H2,1-2H3,(H,23,24). The number of halogens is 3. The monoisotopic (exact) mass is 409 g/mol. The van der Waals surface area contributed by atoms with E-state index in [0.717, 1.165) is 62.2 Å². The second-order valence-corrected chi connectivity index (χ2v) is 6.93. The van der Waals surface area contributed by atoms with Crippen LogP contribution in [0.25, 0.3) is 0 Å². The number of rotatable bonds is 5. The molecule has 0 saturated carbocycles. The van der Waals surface area contributed by atoms with Gasteiger partial charge in [0, 0.05) is 46.3 Å². The second-order valence-electron chi connectivity index (χ2n) is 6.93. The number of piperazine rings is 1. The summed E-state index contributed by atoms with van der Waals surface area (Å²) in [5.74, 6) is 1.63. The van der Waals surface area contributed by atoms with E-state index < -0.39 is 11.7 Å². The number of nitrogens with zero attached hydrogens (tertiary/aromatic N) is 6. The molecule has 2 heterocycles. The lowest BCUT2D eigenvalue weighted by Gasteiger charge is -2.36. The van der Waals surface area contributed by atoms with Crippen molar-refractivity contribution in [3.63, 3.8) is 0 Å². The van der Waals surface area contributed by atoms with E-state index in [0.29, 0.717) is 13.1 Å². The molecule has 0 bridgehead atoms. The third kappa shape index (κ3) is 5.69. The number of aromatic nitrogens is 3. The highest BCUT2D eigenvalue weighted by Crippen LogP contribution is 2.29. The number of aryl methyl sites for hydroxylation is 1. The van der Waals surface area contributed by atoms with Crippen LogP contribution < -0.4 is 5.32 Å². The molecule has 2 aromatic rings. The fourth-order valence-corrected chi connectivity index (χ4v) is 3.21. The van der Waals surface area contributed by atoms with Crippen molar-refractivity contribution in [1.29, 1.82) is 0 Å². The molecule has 0 radical (unpaired) electrons. The van der Waals surface area contributed by atoms with Crippen LogP contribution in [0.2, 0.25) is 0 Å². The Morgan fingerprint density at radius 2 is 1.83 bits per heavy atom. The van der Waals surface area contributed by atoms with Crippen molar-refractivity contribution in [2.45, 2.75) is 26.2 Å². The fraction of sp³-hybridized carbons (Fsp3) is 0.526. The summed E-state index contributed by atoms with van der Waals surface area (Å²) in [6.07, 6.45) is -2.78. The molecule has 0 atom stereocenters. The van der Waals surface area contributed by atoms with Gasteiger partial charge in [-0.1, -0.05) is 12.1 Å². The van der Waals surface area contributed by atoms with E-state index in [1.165, 1.54) is 6.33 Å². The molecule has 1 saturated heterocycles. The van der Waals surface area contributed by atoms with Gasteiger partial charge in [0.05, 0.1) is 5.56 Å². The maximum absolute atomic E-state index is 12.7. The Morgan fingerprint density at radius 1 is 1.14 bits per heavy atom. The Kier molecular flexibility index (Phi) is 6.73. The number of hydrogen-bond acceptors (Lipinski definition) is 4. The summed E-state index contributed by atoms with van der Waals surface area (Å²) < 4.78 is 39.8. The average Bonchev–Trinajstić information content (AvgIpc) is 3.10. The van der Waals surface area contributed by atoms with Gasteiger partial charge in [-0.15, -0.1) is 0 Å². The molecule has 3 rings (SSSR count). The molecular weight excluding hydrogens is 383 g/mol. The molecule has 0 spiro atoms. The van der Waals surface area contributed by atoms with E-state index in [-0.39, 0.29) is 0 Å². The van der Waals surface area contributed by atoms with Gasteiger partial charge in [-0.3, -0.25) is 9.58 Å². The van der Waals surface area contributed by atoms with Crippen LogP contribution in [0, 0.1) is 0 Å². The zero-order chi connectivity index (χ0) is 20.9. The van der Waals surface area contributed by atoms with Crippen LogP contribution >= 0.6 is 0 Å². The molecule has 0 unspecified atom stereocenters. The van der Waals surface area contributed by atoms with Crippen molar-refractivity contribution < 1.29 is 13.2 Å². The molecule has 1 aliphatic rings. The van der Waals surface area contributed by atoms with E-state index >= 15 is 0 Å². The maximum Gasteiger partial charge on any atom is 0.416 e. The predicted octanol–water partition coefficient (Wildman–Crippen LogP) is 2.12. The van der Waals surface area contributed by atoms with Crippen molar-refractivity contribution in [2.75, 3.05) is 32.7 Å². The average molecular weight is 409 g/mol. The van der Waals surface area contributed by atoms with Crippen molar-refractivity contribution in [3.8, 4) is 0 Å². The molecule has 1 fully saturated rings. The van der Waals surface area contributed by atoms with Crippen molar-refractivity contribution in [3.05, 3.63) is 47.5 Å². The molecular formula is C19H26F3N7. The lowest BCUT2D eigenvalue weighted by atomic mass is 10.1. The molecule has 1 N–H and O–H groups in total. The minimum absolute atomic E-state index is 0.449. The number of nitrogens with one attached hydrogen (secondary N) is 1. The molecule has 10 heteroatoms. The van der Waals surface area contributed by atoms with Crippen LogP contribution in [0.5, 0.6) is 0 Å².